The van der Waals surface area contributed by atoms with Gasteiger partial charge in [-0.05, 0) is 18.1 Å². The highest BCUT2D eigenvalue weighted by molar-refractivity contribution is 5.46. The minimum Gasteiger partial charge on any atom is -0.493 e. The molecule has 2 atom stereocenters. The van der Waals surface area contributed by atoms with E-state index < -0.39 is 0 Å². The number of aliphatic hydroxyl groups excluding tert-OH is 1. The van der Waals surface area contributed by atoms with Crippen LogP contribution in [0.25, 0.3) is 0 Å². The van der Waals surface area contributed by atoms with Gasteiger partial charge in [-0.25, -0.2) is 0 Å². The molecule has 1 N–H and O–H groups in total. The molecule has 68 valence electrons. The second-order valence-corrected chi connectivity index (χ2v) is 3.83. The topological polar surface area (TPSA) is 29.5 Å². The molecule has 0 aromatic heterocycles. The molecule has 13 heavy (non-hydrogen) atoms. The Hall–Kier alpha value is -1.02. The molecule has 2 unspecified atom stereocenters. The van der Waals surface area contributed by atoms with E-state index >= 15 is 0 Å². The summed E-state index contributed by atoms with van der Waals surface area (Å²) in [5, 5.41) is 9.37. The number of rotatable bonds is 1. The van der Waals surface area contributed by atoms with E-state index in [0.29, 0.717) is 5.92 Å². The molecule has 1 aliphatic carbocycles. The summed E-state index contributed by atoms with van der Waals surface area (Å²) in [6.45, 7) is 0.801. The molecule has 3 rings (SSSR count). The van der Waals surface area contributed by atoms with Crippen LogP contribution < -0.4 is 4.74 Å². The molecule has 1 aromatic rings. The lowest BCUT2D eigenvalue weighted by molar-refractivity contribution is 0.271. The van der Waals surface area contributed by atoms with Crippen molar-refractivity contribution in [3.8, 4) is 5.75 Å². The Morgan fingerprint density at radius 3 is 3.00 bits per heavy atom. The third-order valence-electron chi connectivity index (χ3n) is 2.94. The number of hydrogen-bond acceptors (Lipinski definition) is 2. The molecule has 2 aliphatic rings. The van der Waals surface area contributed by atoms with Crippen LogP contribution in [0.4, 0.5) is 0 Å². The van der Waals surface area contributed by atoms with Crippen LogP contribution in [-0.4, -0.2) is 17.8 Å². The first-order chi connectivity index (χ1) is 6.36. The monoisotopic (exact) mass is 176 g/mol. The van der Waals surface area contributed by atoms with Gasteiger partial charge in [-0.1, -0.05) is 12.1 Å². The van der Waals surface area contributed by atoms with Crippen LogP contribution in [0.1, 0.15) is 23.5 Å². The van der Waals surface area contributed by atoms with E-state index in [-0.39, 0.29) is 6.10 Å². The Kier molecular flexibility index (Phi) is 1.41. The van der Waals surface area contributed by atoms with Crippen LogP contribution in [-0.2, 0) is 6.42 Å². The first-order valence-electron chi connectivity index (χ1n) is 4.79. The van der Waals surface area contributed by atoms with Crippen molar-refractivity contribution < 1.29 is 9.84 Å². The average molecular weight is 176 g/mol. The number of benzene rings is 1. The van der Waals surface area contributed by atoms with Crippen molar-refractivity contribution >= 4 is 0 Å². The summed E-state index contributed by atoms with van der Waals surface area (Å²) in [6, 6.07) is 6.15. The van der Waals surface area contributed by atoms with Gasteiger partial charge in [0, 0.05) is 17.9 Å². The van der Waals surface area contributed by atoms with Gasteiger partial charge in [0.2, 0.25) is 0 Å². The molecule has 0 radical (unpaired) electrons. The zero-order chi connectivity index (χ0) is 8.84. The maximum absolute atomic E-state index is 9.37. The van der Waals surface area contributed by atoms with Gasteiger partial charge < -0.3 is 9.84 Å². The summed E-state index contributed by atoms with van der Waals surface area (Å²) in [6.07, 6.45) is 1.83. The lowest BCUT2D eigenvalue weighted by Crippen LogP contribution is -1.91. The van der Waals surface area contributed by atoms with Crippen LogP contribution in [0.3, 0.4) is 0 Å². The molecule has 1 aliphatic heterocycles. The number of aliphatic hydroxyl groups is 1. The molecule has 0 spiro atoms. The highest BCUT2D eigenvalue weighted by Crippen LogP contribution is 2.45. The molecule has 2 nitrogen and oxygen atoms in total. The summed E-state index contributed by atoms with van der Waals surface area (Å²) in [5.74, 6) is 1.41. The molecular weight excluding hydrogens is 164 g/mol. The van der Waals surface area contributed by atoms with E-state index in [1.807, 2.05) is 12.1 Å². The third kappa shape index (κ3) is 1.05. The minimum absolute atomic E-state index is 0.105. The Morgan fingerprint density at radius 2 is 2.23 bits per heavy atom. The standard InChI is InChI=1S/C11H12O2/c12-10-6-9(10)7-2-1-3-11-8(7)4-5-13-11/h1-3,9-10,12H,4-6H2. The first kappa shape index (κ1) is 7.39. The molecule has 1 fully saturated rings. The van der Waals surface area contributed by atoms with Crippen molar-refractivity contribution in [3.05, 3.63) is 29.3 Å². The molecule has 0 saturated heterocycles. The maximum Gasteiger partial charge on any atom is 0.122 e. The maximum atomic E-state index is 9.37. The van der Waals surface area contributed by atoms with Gasteiger partial charge in [-0.15, -0.1) is 0 Å². The smallest absolute Gasteiger partial charge is 0.122 e. The van der Waals surface area contributed by atoms with E-state index in [1.54, 1.807) is 0 Å². The van der Waals surface area contributed by atoms with Gasteiger partial charge in [0.25, 0.3) is 0 Å². The molecule has 1 heterocycles. The van der Waals surface area contributed by atoms with Crippen molar-refractivity contribution in [2.75, 3.05) is 6.61 Å². The van der Waals surface area contributed by atoms with Crippen molar-refractivity contribution in [1.82, 2.24) is 0 Å². The number of ether oxygens (including phenoxy) is 1. The molecule has 0 amide bonds. The number of fused-ring (bicyclic) bond motifs is 1. The van der Waals surface area contributed by atoms with Crippen LogP contribution in [0.15, 0.2) is 18.2 Å². The van der Waals surface area contributed by atoms with E-state index in [4.69, 9.17) is 4.74 Å². The highest BCUT2D eigenvalue weighted by Gasteiger charge is 2.38. The Labute approximate surface area is 77.2 Å². The van der Waals surface area contributed by atoms with E-state index in [1.165, 1.54) is 11.1 Å². The van der Waals surface area contributed by atoms with Crippen molar-refractivity contribution in [2.45, 2.75) is 24.9 Å². The predicted molar refractivity (Wildman–Crippen MR) is 49.0 cm³/mol. The van der Waals surface area contributed by atoms with Gasteiger partial charge >= 0.3 is 0 Å². The lowest BCUT2D eigenvalue weighted by atomic mass is 10.0. The van der Waals surface area contributed by atoms with E-state index in [0.717, 1.165) is 25.2 Å². The van der Waals surface area contributed by atoms with Crippen molar-refractivity contribution in [1.29, 1.82) is 0 Å². The second kappa shape index (κ2) is 2.48. The summed E-state index contributed by atoms with van der Waals surface area (Å²) in [4.78, 5) is 0. The minimum atomic E-state index is -0.105. The van der Waals surface area contributed by atoms with Crippen molar-refractivity contribution in [3.63, 3.8) is 0 Å². The Morgan fingerprint density at radius 1 is 1.38 bits per heavy atom. The molecule has 2 heteroatoms. The molecule has 0 bridgehead atoms. The fourth-order valence-electron chi connectivity index (χ4n) is 2.11. The zero-order valence-corrected chi connectivity index (χ0v) is 7.36. The predicted octanol–water partition coefficient (Wildman–Crippen LogP) is 1.47. The summed E-state index contributed by atoms with van der Waals surface area (Å²) < 4.78 is 5.47. The Balaban J connectivity index is 2.05. The van der Waals surface area contributed by atoms with Crippen LogP contribution in [0.5, 0.6) is 5.75 Å². The molecule has 1 saturated carbocycles. The normalized spacial score (nSPS) is 29.6. The van der Waals surface area contributed by atoms with Gasteiger partial charge in [-0.3, -0.25) is 0 Å². The average Bonchev–Trinajstić information content (AvgIpc) is 2.66. The third-order valence-corrected chi connectivity index (χ3v) is 2.94. The quantitative estimate of drug-likeness (QED) is 0.702. The SMILES string of the molecule is OC1CC1c1cccc2c1CCO2. The van der Waals surface area contributed by atoms with Gasteiger partial charge in [-0.2, -0.15) is 0 Å². The van der Waals surface area contributed by atoms with Gasteiger partial charge in [0.15, 0.2) is 0 Å². The fraction of sp³-hybridized carbons (Fsp3) is 0.455. The fourth-order valence-corrected chi connectivity index (χ4v) is 2.11. The zero-order valence-electron chi connectivity index (χ0n) is 7.36. The van der Waals surface area contributed by atoms with Crippen molar-refractivity contribution in [2.24, 2.45) is 0 Å². The largest absolute Gasteiger partial charge is 0.493 e. The highest BCUT2D eigenvalue weighted by atomic mass is 16.5. The lowest BCUT2D eigenvalue weighted by Gasteiger charge is -2.04. The van der Waals surface area contributed by atoms with Crippen LogP contribution in [0.2, 0.25) is 0 Å². The van der Waals surface area contributed by atoms with Crippen LogP contribution in [0, 0.1) is 0 Å². The first-order valence-corrected chi connectivity index (χ1v) is 4.79. The van der Waals surface area contributed by atoms with Gasteiger partial charge in [0.05, 0.1) is 12.7 Å². The second-order valence-electron chi connectivity index (χ2n) is 3.83. The molecule has 1 aromatic carbocycles. The Bertz CT molecular complexity index is 346. The van der Waals surface area contributed by atoms with E-state index in [9.17, 15) is 5.11 Å². The number of hydrogen-bond donors (Lipinski definition) is 1. The van der Waals surface area contributed by atoms with Crippen LogP contribution >= 0.6 is 0 Å². The van der Waals surface area contributed by atoms with Gasteiger partial charge in [0.1, 0.15) is 5.75 Å². The van der Waals surface area contributed by atoms with E-state index in [2.05, 4.69) is 6.07 Å². The summed E-state index contributed by atoms with van der Waals surface area (Å²) in [7, 11) is 0. The summed E-state index contributed by atoms with van der Waals surface area (Å²) >= 11 is 0. The molecular formula is C11H12O2. The summed E-state index contributed by atoms with van der Waals surface area (Å²) in [5.41, 5.74) is 2.63.